The zero-order chi connectivity index (χ0) is 13.9. The molecule has 0 aliphatic heterocycles. The Kier molecular flexibility index (Phi) is 8.26. The SMILES string of the molecule is COCCNCc1ccc(OCCCC(C)C)cc1. The summed E-state index contributed by atoms with van der Waals surface area (Å²) in [5.41, 5.74) is 1.27. The maximum atomic E-state index is 5.71. The lowest BCUT2D eigenvalue weighted by atomic mass is 10.1. The third-order valence-corrected chi connectivity index (χ3v) is 2.93. The smallest absolute Gasteiger partial charge is 0.119 e. The van der Waals surface area contributed by atoms with Gasteiger partial charge in [0.15, 0.2) is 0 Å². The summed E-state index contributed by atoms with van der Waals surface area (Å²) in [5.74, 6) is 1.72. The van der Waals surface area contributed by atoms with Crippen LogP contribution in [-0.4, -0.2) is 26.9 Å². The summed E-state index contributed by atoms with van der Waals surface area (Å²) in [6.45, 7) is 7.79. The molecule has 0 unspecified atom stereocenters. The highest BCUT2D eigenvalue weighted by atomic mass is 16.5. The van der Waals surface area contributed by atoms with Gasteiger partial charge in [-0.2, -0.15) is 0 Å². The Morgan fingerprint density at radius 3 is 2.47 bits per heavy atom. The van der Waals surface area contributed by atoms with Crippen molar-refractivity contribution in [3.05, 3.63) is 29.8 Å². The lowest BCUT2D eigenvalue weighted by molar-refractivity contribution is 0.199. The third kappa shape index (κ3) is 7.85. The van der Waals surface area contributed by atoms with Gasteiger partial charge in [-0.1, -0.05) is 26.0 Å². The van der Waals surface area contributed by atoms with Crippen LogP contribution in [0.5, 0.6) is 5.75 Å². The largest absolute Gasteiger partial charge is 0.494 e. The molecule has 0 radical (unpaired) electrons. The van der Waals surface area contributed by atoms with Crippen molar-refractivity contribution in [1.29, 1.82) is 0 Å². The second-order valence-corrected chi connectivity index (χ2v) is 5.20. The number of methoxy groups -OCH3 is 1. The zero-order valence-electron chi connectivity index (χ0n) is 12.4. The van der Waals surface area contributed by atoms with Crippen LogP contribution >= 0.6 is 0 Å². The Morgan fingerprint density at radius 2 is 1.84 bits per heavy atom. The topological polar surface area (TPSA) is 30.5 Å². The second-order valence-electron chi connectivity index (χ2n) is 5.20. The van der Waals surface area contributed by atoms with Crippen LogP contribution < -0.4 is 10.1 Å². The molecule has 0 amide bonds. The number of nitrogens with one attached hydrogen (secondary N) is 1. The van der Waals surface area contributed by atoms with E-state index >= 15 is 0 Å². The van der Waals surface area contributed by atoms with Gasteiger partial charge >= 0.3 is 0 Å². The van der Waals surface area contributed by atoms with Gasteiger partial charge in [-0.15, -0.1) is 0 Å². The summed E-state index contributed by atoms with van der Waals surface area (Å²) >= 11 is 0. The molecule has 3 heteroatoms. The van der Waals surface area contributed by atoms with Crippen molar-refractivity contribution < 1.29 is 9.47 Å². The molecule has 1 aromatic carbocycles. The van der Waals surface area contributed by atoms with E-state index in [4.69, 9.17) is 9.47 Å². The lowest BCUT2D eigenvalue weighted by Gasteiger charge is -2.09. The molecular formula is C16H27NO2. The normalized spacial score (nSPS) is 10.9. The Hall–Kier alpha value is -1.06. The summed E-state index contributed by atoms with van der Waals surface area (Å²) in [6, 6.07) is 8.31. The van der Waals surface area contributed by atoms with Gasteiger partial charge in [-0.3, -0.25) is 0 Å². The van der Waals surface area contributed by atoms with Gasteiger partial charge in [0.2, 0.25) is 0 Å². The second kappa shape index (κ2) is 9.82. The quantitative estimate of drug-likeness (QED) is 0.659. The fourth-order valence-corrected chi connectivity index (χ4v) is 1.79. The minimum Gasteiger partial charge on any atom is -0.494 e. The molecule has 0 spiro atoms. The van der Waals surface area contributed by atoms with Crippen LogP contribution in [0.2, 0.25) is 0 Å². The van der Waals surface area contributed by atoms with Crippen LogP contribution in [0.3, 0.4) is 0 Å². The van der Waals surface area contributed by atoms with E-state index in [0.717, 1.165) is 44.4 Å². The molecule has 1 N–H and O–H groups in total. The van der Waals surface area contributed by atoms with Crippen molar-refractivity contribution in [3.63, 3.8) is 0 Å². The van der Waals surface area contributed by atoms with E-state index in [1.165, 1.54) is 12.0 Å². The predicted octanol–water partition coefficient (Wildman–Crippen LogP) is 3.24. The van der Waals surface area contributed by atoms with Crippen LogP contribution in [0.25, 0.3) is 0 Å². The molecule has 0 bridgehead atoms. The van der Waals surface area contributed by atoms with Crippen LogP contribution in [0.1, 0.15) is 32.3 Å². The van der Waals surface area contributed by atoms with Gasteiger partial charge in [0.05, 0.1) is 13.2 Å². The van der Waals surface area contributed by atoms with Crippen LogP contribution in [0.15, 0.2) is 24.3 Å². The molecule has 0 saturated heterocycles. The van der Waals surface area contributed by atoms with Gasteiger partial charge in [0.25, 0.3) is 0 Å². The summed E-state index contributed by atoms with van der Waals surface area (Å²) in [4.78, 5) is 0. The molecule has 0 saturated carbocycles. The molecule has 19 heavy (non-hydrogen) atoms. The van der Waals surface area contributed by atoms with Gasteiger partial charge in [0.1, 0.15) is 5.75 Å². The Morgan fingerprint density at radius 1 is 1.11 bits per heavy atom. The van der Waals surface area contributed by atoms with Crippen molar-refractivity contribution in [2.75, 3.05) is 26.9 Å². The molecule has 0 fully saturated rings. The lowest BCUT2D eigenvalue weighted by Crippen LogP contribution is -2.18. The van der Waals surface area contributed by atoms with E-state index in [0.29, 0.717) is 0 Å². The van der Waals surface area contributed by atoms with Gasteiger partial charge in [-0.05, 0) is 36.5 Å². The van der Waals surface area contributed by atoms with Crippen molar-refractivity contribution in [3.8, 4) is 5.75 Å². The Bertz CT molecular complexity index is 322. The molecule has 1 rings (SSSR count). The maximum Gasteiger partial charge on any atom is 0.119 e. The van der Waals surface area contributed by atoms with E-state index in [1.807, 2.05) is 12.1 Å². The highest BCUT2D eigenvalue weighted by Crippen LogP contribution is 2.13. The first-order valence-electron chi connectivity index (χ1n) is 7.13. The Labute approximate surface area is 117 Å². The average molecular weight is 265 g/mol. The number of hydrogen-bond acceptors (Lipinski definition) is 3. The molecule has 3 nitrogen and oxygen atoms in total. The fourth-order valence-electron chi connectivity index (χ4n) is 1.79. The van der Waals surface area contributed by atoms with E-state index in [2.05, 4.69) is 31.3 Å². The first kappa shape index (κ1) is 16.0. The molecular weight excluding hydrogens is 238 g/mol. The molecule has 0 aliphatic carbocycles. The van der Waals surface area contributed by atoms with Crippen LogP contribution in [-0.2, 0) is 11.3 Å². The molecule has 1 aromatic rings. The first-order chi connectivity index (χ1) is 9.22. The van der Waals surface area contributed by atoms with Crippen molar-refractivity contribution in [1.82, 2.24) is 5.32 Å². The van der Waals surface area contributed by atoms with E-state index in [9.17, 15) is 0 Å². The third-order valence-electron chi connectivity index (χ3n) is 2.93. The van der Waals surface area contributed by atoms with E-state index in [-0.39, 0.29) is 0 Å². The number of benzene rings is 1. The highest BCUT2D eigenvalue weighted by Gasteiger charge is 1.97. The minimum atomic E-state index is 0.747. The molecule has 0 atom stereocenters. The minimum absolute atomic E-state index is 0.747. The first-order valence-corrected chi connectivity index (χ1v) is 7.13. The van der Waals surface area contributed by atoms with E-state index < -0.39 is 0 Å². The predicted molar refractivity (Wildman–Crippen MR) is 79.6 cm³/mol. The van der Waals surface area contributed by atoms with Gasteiger partial charge in [-0.25, -0.2) is 0 Å². The highest BCUT2D eigenvalue weighted by molar-refractivity contribution is 5.27. The van der Waals surface area contributed by atoms with Crippen molar-refractivity contribution >= 4 is 0 Å². The van der Waals surface area contributed by atoms with Crippen molar-refractivity contribution in [2.24, 2.45) is 5.92 Å². The van der Waals surface area contributed by atoms with Crippen molar-refractivity contribution in [2.45, 2.75) is 33.2 Å². The molecule has 0 aliphatic rings. The monoisotopic (exact) mass is 265 g/mol. The fraction of sp³-hybridized carbons (Fsp3) is 0.625. The maximum absolute atomic E-state index is 5.71. The number of rotatable bonds is 10. The van der Waals surface area contributed by atoms with Gasteiger partial charge in [0, 0.05) is 20.2 Å². The molecule has 0 heterocycles. The van der Waals surface area contributed by atoms with Crippen LogP contribution in [0, 0.1) is 5.92 Å². The summed E-state index contributed by atoms with van der Waals surface area (Å²) in [5, 5.41) is 3.32. The molecule has 108 valence electrons. The van der Waals surface area contributed by atoms with Gasteiger partial charge < -0.3 is 14.8 Å². The van der Waals surface area contributed by atoms with E-state index in [1.54, 1.807) is 7.11 Å². The van der Waals surface area contributed by atoms with Crippen LogP contribution in [0.4, 0.5) is 0 Å². The Balaban J connectivity index is 2.19. The number of hydrogen-bond donors (Lipinski definition) is 1. The summed E-state index contributed by atoms with van der Waals surface area (Å²) < 4.78 is 10.7. The average Bonchev–Trinajstić information content (AvgIpc) is 2.41. The standard InChI is InChI=1S/C16H27NO2/c1-14(2)5-4-11-19-16-8-6-15(7-9-16)13-17-10-12-18-3/h6-9,14,17H,4-5,10-13H2,1-3H3. The zero-order valence-corrected chi connectivity index (χ0v) is 12.4. The number of ether oxygens (including phenoxy) is 2. The summed E-state index contributed by atoms with van der Waals surface area (Å²) in [7, 11) is 1.72. The molecule has 0 aromatic heterocycles. The summed E-state index contributed by atoms with van der Waals surface area (Å²) in [6.07, 6.45) is 2.35.